The average molecular weight is 238 g/mol. The van der Waals surface area contributed by atoms with Gasteiger partial charge in [-0.15, -0.1) is 0 Å². The van der Waals surface area contributed by atoms with Gasteiger partial charge >= 0.3 is 6.09 Å². The van der Waals surface area contributed by atoms with E-state index in [-0.39, 0.29) is 13.3 Å². The van der Waals surface area contributed by atoms with E-state index in [0.717, 1.165) is 5.69 Å². The normalized spacial score (nSPS) is 9.47. The monoisotopic (exact) mass is 238 g/mol. The van der Waals surface area contributed by atoms with Crippen LogP contribution in [0.3, 0.4) is 0 Å². The van der Waals surface area contributed by atoms with Crippen LogP contribution in [0.1, 0.15) is 5.69 Å². The Morgan fingerprint density at radius 2 is 2.35 bits per heavy atom. The van der Waals surface area contributed by atoms with Gasteiger partial charge in [0.2, 0.25) is 6.79 Å². The quantitative estimate of drug-likeness (QED) is 0.417. The lowest BCUT2D eigenvalue weighted by Crippen LogP contribution is -2.30. The largest absolute Gasteiger partial charge is 0.430 e. The Morgan fingerprint density at radius 3 is 3.00 bits per heavy atom. The molecule has 6 nitrogen and oxygen atoms in total. The molecule has 17 heavy (non-hydrogen) atoms. The molecule has 1 heterocycles. The third kappa shape index (κ3) is 4.96. The van der Waals surface area contributed by atoms with Crippen LogP contribution in [0, 0.1) is 0 Å². The van der Waals surface area contributed by atoms with Crippen LogP contribution in [0.15, 0.2) is 24.4 Å². The van der Waals surface area contributed by atoms with Crippen LogP contribution < -0.4 is 0 Å². The Balaban J connectivity index is 2.26. The molecule has 0 spiro atoms. The van der Waals surface area contributed by atoms with Crippen molar-refractivity contribution in [3.8, 4) is 0 Å². The summed E-state index contributed by atoms with van der Waals surface area (Å²) >= 11 is 0. The summed E-state index contributed by atoms with van der Waals surface area (Å²) in [5, 5.41) is 0. The highest BCUT2D eigenvalue weighted by Crippen LogP contribution is 1.98. The highest BCUT2D eigenvalue weighted by molar-refractivity contribution is 5.67. The van der Waals surface area contributed by atoms with Crippen molar-refractivity contribution in [2.45, 2.75) is 6.42 Å². The van der Waals surface area contributed by atoms with Gasteiger partial charge in [0.25, 0.3) is 6.47 Å². The maximum absolute atomic E-state index is 11.3. The average Bonchev–Trinajstić information content (AvgIpc) is 2.37. The maximum Gasteiger partial charge on any atom is 0.412 e. The predicted octanol–water partition coefficient (Wildman–Crippen LogP) is 0.823. The van der Waals surface area contributed by atoms with Crippen LogP contribution in [-0.4, -0.2) is 42.8 Å². The molecule has 0 aliphatic carbocycles. The predicted molar refractivity (Wildman–Crippen MR) is 59.1 cm³/mol. The van der Waals surface area contributed by atoms with Gasteiger partial charge in [0.15, 0.2) is 0 Å². The molecular formula is C11H14N2O4. The first kappa shape index (κ1) is 13.0. The molecule has 92 valence electrons. The van der Waals surface area contributed by atoms with Crippen LogP contribution in [0.25, 0.3) is 0 Å². The summed E-state index contributed by atoms with van der Waals surface area (Å²) in [5.41, 5.74) is 0.899. The Bertz CT molecular complexity index is 356. The van der Waals surface area contributed by atoms with Crippen molar-refractivity contribution >= 4 is 12.6 Å². The summed E-state index contributed by atoms with van der Waals surface area (Å²) in [5.74, 6) is 0. The lowest BCUT2D eigenvalue weighted by molar-refractivity contribution is -0.136. The van der Waals surface area contributed by atoms with Gasteiger partial charge in [-0.05, 0) is 12.1 Å². The fourth-order valence-electron chi connectivity index (χ4n) is 1.14. The first-order valence-electron chi connectivity index (χ1n) is 5.07. The smallest absolute Gasteiger partial charge is 0.412 e. The van der Waals surface area contributed by atoms with Gasteiger partial charge in [-0.2, -0.15) is 0 Å². The van der Waals surface area contributed by atoms with Gasteiger partial charge in [0.05, 0.1) is 0 Å². The van der Waals surface area contributed by atoms with Crippen LogP contribution in [-0.2, 0) is 20.7 Å². The van der Waals surface area contributed by atoms with Crippen molar-refractivity contribution in [3.63, 3.8) is 0 Å². The number of amides is 1. The Morgan fingerprint density at radius 1 is 1.53 bits per heavy atom. The Hall–Kier alpha value is -2.11. The van der Waals surface area contributed by atoms with E-state index in [9.17, 15) is 9.59 Å². The molecule has 0 saturated carbocycles. The van der Waals surface area contributed by atoms with Crippen LogP contribution in [0.5, 0.6) is 0 Å². The first-order chi connectivity index (χ1) is 8.24. The number of carbonyl (C=O) groups excluding carboxylic acids is 2. The molecular weight excluding hydrogens is 224 g/mol. The van der Waals surface area contributed by atoms with Gasteiger partial charge in [-0.1, -0.05) is 6.07 Å². The molecule has 0 atom stereocenters. The Labute approximate surface area is 99.2 Å². The van der Waals surface area contributed by atoms with Gasteiger partial charge in [0, 0.05) is 31.9 Å². The van der Waals surface area contributed by atoms with E-state index >= 15 is 0 Å². The number of hydrogen-bond acceptors (Lipinski definition) is 5. The maximum atomic E-state index is 11.3. The van der Waals surface area contributed by atoms with E-state index in [1.807, 2.05) is 18.2 Å². The zero-order chi connectivity index (χ0) is 12.5. The molecule has 6 heteroatoms. The van der Waals surface area contributed by atoms with Crippen LogP contribution >= 0.6 is 0 Å². The molecule has 0 fully saturated rings. The summed E-state index contributed by atoms with van der Waals surface area (Å²) in [6.07, 6.45) is 1.80. The third-order valence-electron chi connectivity index (χ3n) is 2.06. The second kappa shape index (κ2) is 7.21. The summed E-state index contributed by atoms with van der Waals surface area (Å²) in [6, 6.07) is 5.60. The summed E-state index contributed by atoms with van der Waals surface area (Å²) in [4.78, 5) is 26.7. The number of rotatable bonds is 6. The molecule has 1 rings (SSSR count). The number of ether oxygens (including phenoxy) is 2. The van der Waals surface area contributed by atoms with E-state index < -0.39 is 6.09 Å². The lowest BCUT2D eigenvalue weighted by atomic mass is 10.2. The summed E-state index contributed by atoms with van der Waals surface area (Å²) < 4.78 is 8.90. The molecule has 0 aromatic carbocycles. The third-order valence-corrected chi connectivity index (χ3v) is 2.06. The SMILES string of the molecule is CN(CCc1ccccn1)C(=O)OCOC=O. The minimum Gasteiger partial charge on any atom is -0.430 e. The molecule has 0 radical (unpaired) electrons. The van der Waals surface area contributed by atoms with Crippen molar-refractivity contribution in [2.24, 2.45) is 0 Å². The minimum absolute atomic E-state index is 0.223. The highest BCUT2D eigenvalue weighted by atomic mass is 16.7. The fourth-order valence-corrected chi connectivity index (χ4v) is 1.14. The van der Waals surface area contributed by atoms with Crippen LogP contribution in [0.4, 0.5) is 4.79 Å². The second-order valence-corrected chi connectivity index (χ2v) is 3.28. The first-order valence-corrected chi connectivity index (χ1v) is 5.07. The number of aromatic nitrogens is 1. The molecule has 1 amide bonds. The number of likely N-dealkylation sites (N-methyl/N-ethyl adjacent to an activating group) is 1. The van der Waals surface area contributed by atoms with E-state index in [1.54, 1.807) is 13.2 Å². The lowest BCUT2D eigenvalue weighted by Gasteiger charge is -2.15. The molecule has 0 bridgehead atoms. The fraction of sp³-hybridized carbons (Fsp3) is 0.364. The van der Waals surface area contributed by atoms with E-state index in [1.165, 1.54) is 4.90 Å². The number of carbonyl (C=O) groups is 2. The number of hydrogen-bond donors (Lipinski definition) is 0. The zero-order valence-corrected chi connectivity index (χ0v) is 9.54. The second-order valence-electron chi connectivity index (χ2n) is 3.28. The van der Waals surface area contributed by atoms with Gasteiger partial charge < -0.3 is 14.4 Å². The minimum atomic E-state index is -0.539. The van der Waals surface area contributed by atoms with Crippen molar-refractivity contribution in [1.29, 1.82) is 0 Å². The molecule has 0 saturated heterocycles. The van der Waals surface area contributed by atoms with E-state index in [2.05, 4.69) is 14.5 Å². The van der Waals surface area contributed by atoms with Gasteiger partial charge in [-0.3, -0.25) is 9.78 Å². The van der Waals surface area contributed by atoms with Crippen molar-refractivity contribution < 1.29 is 19.1 Å². The standard InChI is InChI=1S/C11H14N2O4/c1-13(11(15)17-9-16-8-14)7-5-10-4-2-3-6-12-10/h2-4,6,8H,5,7,9H2,1H3. The molecule has 0 N–H and O–H groups in total. The van der Waals surface area contributed by atoms with Crippen molar-refractivity contribution in [3.05, 3.63) is 30.1 Å². The molecule has 1 aromatic heterocycles. The number of nitrogens with zero attached hydrogens (tertiary/aromatic N) is 2. The summed E-state index contributed by atoms with van der Waals surface area (Å²) in [6.45, 7) is 0.342. The van der Waals surface area contributed by atoms with E-state index in [0.29, 0.717) is 13.0 Å². The van der Waals surface area contributed by atoms with Gasteiger partial charge in [0.1, 0.15) is 0 Å². The molecule has 0 aliphatic heterocycles. The molecule has 0 aliphatic rings. The molecule has 1 aromatic rings. The Kier molecular flexibility index (Phi) is 5.50. The summed E-state index contributed by atoms with van der Waals surface area (Å²) in [7, 11) is 1.60. The molecule has 0 unspecified atom stereocenters. The van der Waals surface area contributed by atoms with Crippen LogP contribution in [0.2, 0.25) is 0 Å². The zero-order valence-electron chi connectivity index (χ0n) is 9.54. The highest BCUT2D eigenvalue weighted by Gasteiger charge is 2.09. The van der Waals surface area contributed by atoms with Gasteiger partial charge in [-0.25, -0.2) is 4.79 Å². The van der Waals surface area contributed by atoms with E-state index in [4.69, 9.17) is 0 Å². The topological polar surface area (TPSA) is 68.7 Å². The number of pyridine rings is 1. The van der Waals surface area contributed by atoms with Crippen molar-refractivity contribution in [2.75, 3.05) is 20.4 Å². The van der Waals surface area contributed by atoms with Crippen molar-refractivity contribution in [1.82, 2.24) is 9.88 Å².